The molecular weight excluding hydrogens is 346 g/mol. The van der Waals surface area contributed by atoms with E-state index >= 15 is 0 Å². The summed E-state index contributed by atoms with van der Waals surface area (Å²) in [5.41, 5.74) is 6.41. The standard InChI is InChI=1S/C23H27N5/c1-17-20(14-27(2)26-17)15-28-12-6-10-23(16-28)11-9-19-13-24-22(25-21(19)23)18-7-4-3-5-8-18/h3-5,7-8,13-14H,6,9-12,15-16H2,1-2H3. The normalized spacial score (nSPS) is 21.9. The molecule has 0 saturated carbocycles. The van der Waals surface area contributed by atoms with Crippen molar-refractivity contribution in [3.63, 3.8) is 0 Å². The zero-order valence-electron chi connectivity index (χ0n) is 16.7. The first-order valence-electron chi connectivity index (χ1n) is 10.3. The molecule has 2 aromatic heterocycles. The molecule has 5 heteroatoms. The summed E-state index contributed by atoms with van der Waals surface area (Å²) in [5, 5.41) is 4.52. The second-order valence-electron chi connectivity index (χ2n) is 8.44. The maximum atomic E-state index is 5.11. The molecule has 5 nitrogen and oxygen atoms in total. The van der Waals surface area contributed by atoms with Crippen molar-refractivity contribution in [1.29, 1.82) is 0 Å². The van der Waals surface area contributed by atoms with Gasteiger partial charge in [0.2, 0.25) is 0 Å². The van der Waals surface area contributed by atoms with Gasteiger partial charge in [0.15, 0.2) is 5.82 Å². The van der Waals surface area contributed by atoms with Gasteiger partial charge in [-0.15, -0.1) is 0 Å². The van der Waals surface area contributed by atoms with Crippen LogP contribution in [0.1, 0.15) is 41.8 Å². The molecule has 1 aliphatic heterocycles. The quantitative estimate of drug-likeness (QED) is 0.703. The second kappa shape index (κ2) is 6.82. The molecule has 5 rings (SSSR count). The number of hydrogen-bond acceptors (Lipinski definition) is 4. The van der Waals surface area contributed by atoms with Gasteiger partial charge in [0, 0.05) is 49.1 Å². The van der Waals surface area contributed by atoms with Crippen LogP contribution in [0, 0.1) is 6.92 Å². The van der Waals surface area contributed by atoms with Crippen molar-refractivity contribution in [3.8, 4) is 11.4 Å². The van der Waals surface area contributed by atoms with Crippen molar-refractivity contribution < 1.29 is 0 Å². The number of fused-ring (bicyclic) bond motifs is 2. The van der Waals surface area contributed by atoms with E-state index in [1.54, 1.807) is 0 Å². The molecule has 1 atom stereocenters. The van der Waals surface area contributed by atoms with Gasteiger partial charge in [0.1, 0.15) is 0 Å². The Morgan fingerprint density at radius 3 is 2.79 bits per heavy atom. The topological polar surface area (TPSA) is 46.8 Å². The van der Waals surface area contributed by atoms with Crippen LogP contribution in [-0.2, 0) is 25.4 Å². The minimum Gasteiger partial charge on any atom is -0.298 e. The highest BCUT2D eigenvalue weighted by Gasteiger charge is 2.43. The third-order valence-electron chi connectivity index (χ3n) is 6.44. The van der Waals surface area contributed by atoms with E-state index in [2.05, 4.69) is 58.6 Å². The average Bonchev–Trinajstić information content (AvgIpc) is 3.21. The number of aryl methyl sites for hydroxylation is 3. The lowest BCUT2D eigenvalue weighted by molar-refractivity contribution is 0.136. The highest BCUT2D eigenvalue weighted by atomic mass is 15.3. The minimum atomic E-state index is 0.177. The van der Waals surface area contributed by atoms with E-state index in [1.807, 2.05) is 17.8 Å². The van der Waals surface area contributed by atoms with E-state index in [9.17, 15) is 0 Å². The highest BCUT2D eigenvalue weighted by molar-refractivity contribution is 5.55. The first-order valence-corrected chi connectivity index (χ1v) is 10.3. The third kappa shape index (κ3) is 3.04. The Morgan fingerprint density at radius 1 is 1.14 bits per heavy atom. The number of benzene rings is 1. The predicted molar refractivity (Wildman–Crippen MR) is 110 cm³/mol. The SMILES string of the molecule is Cc1nn(C)cc1CN1CCCC2(CCc3cnc(-c4ccccc4)nc32)C1. The van der Waals surface area contributed by atoms with Crippen LogP contribution in [0.3, 0.4) is 0 Å². The van der Waals surface area contributed by atoms with Crippen molar-refractivity contribution in [2.24, 2.45) is 7.05 Å². The maximum absolute atomic E-state index is 5.11. The van der Waals surface area contributed by atoms with Crippen molar-refractivity contribution >= 4 is 0 Å². The monoisotopic (exact) mass is 373 g/mol. The van der Waals surface area contributed by atoms with E-state index in [0.29, 0.717) is 0 Å². The average molecular weight is 374 g/mol. The fourth-order valence-corrected chi connectivity index (χ4v) is 5.07. The molecule has 2 aliphatic rings. The Labute approximate surface area is 166 Å². The van der Waals surface area contributed by atoms with Crippen molar-refractivity contribution in [3.05, 3.63) is 65.2 Å². The molecule has 144 valence electrons. The van der Waals surface area contributed by atoms with Gasteiger partial charge in [0.05, 0.1) is 11.4 Å². The molecule has 28 heavy (non-hydrogen) atoms. The van der Waals surface area contributed by atoms with E-state index in [4.69, 9.17) is 4.98 Å². The molecule has 0 N–H and O–H groups in total. The first-order chi connectivity index (χ1) is 13.6. The van der Waals surface area contributed by atoms with Crippen LogP contribution in [-0.4, -0.2) is 37.7 Å². The van der Waals surface area contributed by atoms with Crippen LogP contribution in [0.4, 0.5) is 0 Å². The minimum absolute atomic E-state index is 0.177. The molecule has 0 amide bonds. The van der Waals surface area contributed by atoms with E-state index in [0.717, 1.165) is 43.1 Å². The first kappa shape index (κ1) is 17.6. The second-order valence-corrected chi connectivity index (χ2v) is 8.44. The van der Waals surface area contributed by atoms with Gasteiger partial charge in [-0.25, -0.2) is 9.97 Å². The summed E-state index contributed by atoms with van der Waals surface area (Å²) in [5.74, 6) is 0.862. The summed E-state index contributed by atoms with van der Waals surface area (Å²) < 4.78 is 1.93. The molecule has 0 bridgehead atoms. The molecule has 0 radical (unpaired) electrons. The van der Waals surface area contributed by atoms with Crippen LogP contribution >= 0.6 is 0 Å². The van der Waals surface area contributed by atoms with Crippen LogP contribution in [0.5, 0.6) is 0 Å². The van der Waals surface area contributed by atoms with Gasteiger partial charge >= 0.3 is 0 Å². The predicted octanol–water partition coefficient (Wildman–Crippen LogP) is 3.67. The van der Waals surface area contributed by atoms with Gasteiger partial charge in [-0.05, 0) is 44.7 Å². The van der Waals surface area contributed by atoms with E-state index in [-0.39, 0.29) is 5.41 Å². The molecule has 1 spiro atoms. The number of likely N-dealkylation sites (tertiary alicyclic amines) is 1. The zero-order chi connectivity index (χ0) is 19.1. The van der Waals surface area contributed by atoms with Gasteiger partial charge < -0.3 is 0 Å². The molecule has 3 aromatic rings. The summed E-state index contributed by atoms with van der Waals surface area (Å²) in [4.78, 5) is 12.4. The van der Waals surface area contributed by atoms with Crippen molar-refractivity contribution in [1.82, 2.24) is 24.6 Å². The molecular formula is C23H27N5. The summed E-state index contributed by atoms with van der Waals surface area (Å²) in [6, 6.07) is 10.3. The van der Waals surface area contributed by atoms with Crippen LogP contribution in [0.15, 0.2) is 42.7 Å². The number of nitrogens with zero attached hydrogens (tertiary/aromatic N) is 5. The van der Waals surface area contributed by atoms with Crippen LogP contribution in [0.25, 0.3) is 11.4 Å². The smallest absolute Gasteiger partial charge is 0.159 e. The third-order valence-corrected chi connectivity index (χ3v) is 6.44. The number of piperidine rings is 1. The largest absolute Gasteiger partial charge is 0.298 e. The number of aromatic nitrogens is 4. The van der Waals surface area contributed by atoms with Crippen LogP contribution < -0.4 is 0 Å². The molecule has 1 aliphatic carbocycles. The summed E-state index contributed by atoms with van der Waals surface area (Å²) >= 11 is 0. The van der Waals surface area contributed by atoms with E-state index in [1.165, 1.54) is 36.1 Å². The molecule has 1 saturated heterocycles. The summed E-state index contributed by atoms with van der Waals surface area (Å²) in [6.07, 6.45) is 8.98. The summed E-state index contributed by atoms with van der Waals surface area (Å²) in [6.45, 7) is 5.33. The van der Waals surface area contributed by atoms with Crippen molar-refractivity contribution in [2.45, 2.75) is 44.6 Å². The van der Waals surface area contributed by atoms with Gasteiger partial charge in [-0.2, -0.15) is 5.10 Å². The molecule has 1 fully saturated rings. The highest BCUT2D eigenvalue weighted by Crippen LogP contribution is 2.44. The fourth-order valence-electron chi connectivity index (χ4n) is 5.07. The van der Waals surface area contributed by atoms with Gasteiger partial charge in [-0.3, -0.25) is 9.58 Å². The Kier molecular flexibility index (Phi) is 4.27. The molecule has 1 unspecified atom stereocenters. The molecule has 1 aromatic carbocycles. The lowest BCUT2D eigenvalue weighted by Gasteiger charge is -2.40. The zero-order valence-corrected chi connectivity index (χ0v) is 16.7. The van der Waals surface area contributed by atoms with Crippen molar-refractivity contribution in [2.75, 3.05) is 13.1 Å². The Balaban J connectivity index is 1.44. The van der Waals surface area contributed by atoms with Crippen LogP contribution in [0.2, 0.25) is 0 Å². The van der Waals surface area contributed by atoms with E-state index < -0.39 is 0 Å². The van der Waals surface area contributed by atoms with Gasteiger partial charge in [-0.1, -0.05) is 30.3 Å². The maximum Gasteiger partial charge on any atom is 0.159 e. The lowest BCUT2D eigenvalue weighted by Crippen LogP contribution is -2.45. The number of hydrogen-bond donors (Lipinski definition) is 0. The van der Waals surface area contributed by atoms with Gasteiger partial charge in [0.25, 0.3) is 0 Å². The Hall–Kier alpha value is -2.53. The summed E-state index contributed by atoms with van der Waals surface area (Å²) in [7, 11) is 2.00. The number of rotatable bonds is 3. The fraction of sp³-hybridized carbons (Fsp3) is 0.435. The Bertz CT molecular complexity index is 989. The lowest BCUT2D eigenvalue weighted by atomic mass is 9.77. The molecule has 3 heterocycles. The Morgan fingerprint density at radius 2 is 2.00 bits per heavy atom.